The molecule has 22 heavy (non-hydrogen) atoms. The first-order chi connectivity index (χ1) is 10.8. The van der Waals surface area contributed by atoms with E-state index in [-0.39, 0.29) is 18.6 Å². The fraction of sp³-hybridized carbons (Fsp3) is 0.235. The van der Waals surface area contributed by atoms with Crippen LogP contribution in [0.5, 0.6) is 17.2 Å². The van der Waals surface area contributed by atoms with E-state index in [2.05, 4.69) is 5.32 Å². The van der Waals surface area contributed by atoms with E-state index in [1.807, 2.05) is 24.3 Å². The predicted molar refractivity (Wildman–Crippen MR) is 79.6 cm³/mol. The summed E-state index contributed by atoms with van der Waals surface area (Å²) in [5.41, 5.74) is 1.71. The van der Waals surface area contributed by atoms with Gasteiger partial charge in [0, 0.05) is 23.6 Å². The van der Waals surface area contributed by atoms with Gasteiger partial charge in [0.25, 0.3) is 5.91 Å². The predicted octanol–water partition coefficient (Wildman–Crippen LogP) is 2.32. The van der Waals surface area contributed by atoms with Crippen molar-refractivity contribution in [3.8, 4) is 17.2 Å². The Morgan fingerprint density at radius 1 is 1.05 bits per heavy atom. The van der Waals surface area contributed by atoms with Crippen molar-refractivity contribution < 1.29 is 19.0 Å². The van der Waals surface area contributed by atoms with Gasteiger partial charge in [0.15, 0.2) is 11.5 Å². The van der Waals surface area contributed by atoms with Crippen molar-refractivity contribution >= 4 is 5.91 Å². The quantitative estimate of drug-likeness (QED) is 0.944. The zero-order valence-corrected chi connectivity index (χ0v) is 11.9. The van der Waals surface area contributed by atoms with Crippen LogP contribution in [0.4, 0.5) is 0 Å². The number of para-hydroxylation sites is 1. The highest BCUT2D eigenvalue weighted by Gasteiger charge is 2.24. The summed E-state index contributed by atoms with van der Waals surface area (Å²) >= 11 is 0. The Morgan fingerprint density at radius 2 is 1.91 bits per heavy atom. The molecule has 0 unspecified atom stereocenters. The molecule has 4 rings (SSSR count). The molecule has 2 aromatic rings. The van der Waals surface area contributed by atoms with Crippen LogP contribution < -0.4 is 19.5 Å². The van der Waals surface area contributed by atoms with Crippen molar-refractivity contribution in [3.63, 3.8) is 0 Å². The van der Waals surface area contributed by atoms with Crippen LogP contribution in [0.15, 0.2) is 42.5 Å². The van der Waals surface area contributed by atoms with Crippen LogP contribution in [0.2, 0.25) is 0 Å². The lowest BCUT2D eigenvalue weighted by Gasteiger charge is -2.11. The molecule has 2 heterocycles. The molecule has 5 heteroatoms. The Hall–Kier alpha value is -2.69. The zero-order valence-electron chi connectivity index (χ0n) is 11.9. The molecule has 1 N–H and O–H groups in total. The molecule has 0 spiro atoms. The van der Waals surface area contributed by atoms with E-state index in [0.717, 1.165) is 11.3 Å². The van der Waals surface area contributed by atoms with Gasteiger partial charge in [-0.05, 0) is 24.3 Å². The number of hydrogen-bond acceptors (Lipinski definition) is 4. The fourth-order valence-corrected chi connectivity index (χ4v) is 2.75. The lowest BCUT2D eigenvalue weighted by Crippen LogP contribution is -2.28. The maximum Gasteiger partial charge on any atom is 0.251 e. The molecular weight excluding hydrogens is 282 g/mol. The molecule has 0 radical (unpaired) electrons. The van der Waals surface area contributed by atoms with Crippen molar-refractivity contribution in [2.75, 3.05) is 19.9 Å². The molecule has 0 saturated carbocycles. The summed E-state index contributed by atoms with van der Waals surface area (Å²) in [6, 6.07) is 13.1. The zero-order chi connectivity index (χ0) is 14.9. The van der Waals surface area contributed by atoms with Crippen LogP contribution in [-0.2, 0) is 0 Å². The summed E-state index contributed by atoms with van der Waals surface area (Å²) in [7, 11) is 0. The van der Waals surface area contributed by atoms with Crippen molar-refractivity contribution in [1.29, 1.82) is 0 Å². The van der Waals surface area contributed by atoms with E-state index in [1.165, 1.54) is 0 Å². The summed E-state index contributed by atoms with van der Waals surface area (Å²) in [5, 5.41) is 2.96. The van der Waals surface area contributed by atoms with Crippen molar-refractivity contribution in [2.45, 2.75) is 5.92 Å². The molecule has 1 atom stereocenters. The maximum absolute atomic E-state index is 12.3. The van der Waals surface area contributed by atoms with E-state index in [4.69, 9.17) is 14.2 Å². The standard InChI is InChI=1S/C17H15NO4/c19-17(11-5-6-15-16(7-11)22-10-21-15)18-8-12-9-20-14-4-2-1-3-13(12)14/h1-7,12H,8-10H2,(H,18,19)/t12-/m0/s1. The highest BCUT2D eigenvalue weighted by atomic mass is 16.7. The third-order valence-electron chi connectivity index (χ3n) is 3.94. The topological polar surface area (TPSA) is 56.8 Å². The number of carbonyl (C=O) groups excluding carboxylic acids is 1. The lowest BCUT2D eigenvalue weighted by molar-refractivity contribution is 0.0949. The lowest BCUT2D eigenvalue weighted by atomic mass is 10.0. The number of nitrogens with one attached hydrogen (secondary N) is 1. The molecule has 0 aliphatic carbocycles. The Kier molecular flexibility index (Phi) is 3.11. The second-order valence-electron chi connectivity index (χ2n) is 5.32. The summed E-state index contributed by atoms with van der Waals surface area (Å²) in [6.07, 6.45) is 0. The van der Waals surface area contributed by atoms with Gasteiger partial charge in [-0.2, -0.15) is 0 Å². The van der Waals surface area contributed by atoms with Gasteiger partial charge in [0.1, 0.15) is 5.75 Å². The molecular formula is C17H15NO4. The Bertz CT molecular complexity index is 728. The van der Waals surface area contributed by atoms with Gasteiger partial charge in [0.05, 0.1) is 6.61 Å². The molecule has 0 saturated heterocycles. The number of hydrogen-bond donors (Lipinski definition) is 1. The fourth-order valence-electron chi connectivity index (χ4n) is 2.75. The van der Waals surface area contributed by atoms with Crippen molar-refractivity contribution in [3.05, 3.63) is 53.6 Å². The van der Waals surface area contributed by atoms with Gasteiger partial charge in [-0.15, -0.1) is 0 Å². The number of carbonyl (C=O) groups is 1. The number of benzene rings is 2. The van der Waals surface area contributed by atoms with E-state index >= 15 is 0 Å². The van der Waals surface area contributed by atoms with Gasteiger partial charge in [-0.1, -0.05) is 18.2 Å². The summed E-state index contributed by atoms with van der Waals surface area (Å²) in [4.78, 5) is 12.3. The van der Waals surface area contributed by atoms with E-state index in [1.54, 1.807) is 18.2 Å². The van der Waals surface area contributed by atoms with Crippen molar-refractivity contribution in [1.82, 2.24) is 5.32 Å². The second kappa shape index (κ2) is 5.26. The summed E-state index contributed by atoms with van der Waals surface area (Å²) in [6.45, 7) is 1.35. The minimum atomic E-state index is -0.123. The van der Waals surface area contributed by atoms with E-state index in [9.17, 15) is 4.79 Å². The SMILES string of the molecule is O=C(NC[C@H]1COc2ccccc21)c1ccc2c(c1)OCO2. The number of ether oxygens (including phenoxy) is 3. The second-order valence-corrected chi connectivity index (χ2v) is 5.32. The third-order valence-corrected chi connectivity index (χ3v) is 3.94. The minimum Gasteiger partial charge on any atom is -0.493 e. The Morgan fingerprint density at radius 3 is 2.86 bits per heavy atom. The van der Waals surface area contributed by atoms with Gasteiger partial charge >= 0.3 is 0 Å². The third kappa shape index (κ3) is 2.24. The van der Waals surface area contributed by atoms with Crippen molar-refractivity contribution in [2.24, 2.45) is 0 Å². The molecule has 0 bridgehead atoms. The molecule has 2 aliphatic rings. The molecule has 2 aliphatic heterocycles. The molecule has 0 fully saturated rings. The number of fused-ring (bicyclic) bond motifs is 2. The van der Waals surface area contributed by atoms with Gasteiger partial charge in [0.2, 0.25) is 6.79 Å². The molecule has 1 amide bonds. The molecule has 112 valence electrons. The Labute approximate surface area is 127 Å². The van der Waals surface area contributed by atoms with E-state index < -0.39 is 0 Å². The first-order valence-corrected chi connectivity index (χ1v) is 7.21. The van der Waals surface area contributed by atoms with Crippen LogP contribution in [0.1, 0.15) is 21.8 Å². The minimum absolute atomic E-state index is 0.123. The highest BCUT2D eigenvalue weighted by molar-refractivity contribution is 5.95. The van der Waals surface area contributed by atoms with Gasteiger partial charge < -0.3 is 19.5 Å². The summed E-state index contributed by atoms with van der Waals surface area (Å²) < 4.78 is 16.2. The van der Waals surface area contributed by atoms with Crippen LogP contribution in [0.3, 0.4) is 0 Å². The molecule has 0 aromatic heterocycles. The number of amides is 1. The van der Waals surface area contributed by atoms with Crippen LogP contribution >= 0.6 is 0 Å². The van der Waals surface area contributed by atoms with Crippen LogP contribution in [-0.4, -0.2) is 25.9 Å². The van der Waals surface area contributed by atoms with Gasteiger partial charge in [-0.3, -0.25) is 4.79 Å². The Balaban J connectivity index is 1.43. The first kappa shape index (κ1) is 13.0. The molecule has 5 nitrogen and oxygen atoms in total. The largest absolute Gasteiger partial charge is 0.493 e. The van der Waals surface area contributed by atoms with Crippen LogP contribution in [0, 0.1) is 0 Å². The highest BCUT2D eigenvalue weighted by Crippen LogP contribution is 2.34. The normalized spacial score (nSPS) is 17.7. The number of rotatable bonds is 3. The molecule has 2 aromatic carbocycles. The maximum atomic E-state index is 12.3. The first-order valence-electron chi connectivity index (χ1n) is 7.21. The average molecular weight is 297 g/mol. The average Bonchev–Trinajstić information content (AvgIpc) is 3.18. The van der Waals surface area contributed by atoms with E-state index in [0.29, 0.717) is 30.2 Å². The smallest absolute Gasteiger partial charge is 0.251 e. The van der Waals surface area contributed by atoms with Crippen LogP contribution in [0.25, 0.3) is 0 Å². The van der Waals surface area contributed by atoms with Gasteiger partial charge in [-0.25, -0.2) is 0 Å². The summed E-state index contributed by atoms with van der Waals surface area (Å²) in [5.74, 6) is 2.26. The monoisotopic (exact) mass is 297 g/mol.